The molecule has 21 heavy (non-hydrogen) atoms. The van der Waals surface area contributed by atoms with E-state index in [-0.39, 0.29) is 5.41 Å². The second-order valence-electron chi connectivity index (χ2n) is 6.12. The standard InChI is InChI=1S/C19H20Cl2/c1-14-8-9-16(13-18(14)21)19(10-3-2-4-11-19)15-6-5-7-17(20)12-15/h5-9,12-13H,2-4,10-11H2,1H3. The molecule has 1 fully saturated rings. The van der Waals surface area contributed by atoms with Crippen LogP contribution in [-0.2, 0) is 5.41 Å². The fourth-order valence-electron chi connectivity index (χ4n) is 3.58. The minimum Gasteiger partial charge on any atom is -0.0843 e. The minimum absolute atomic E-state index is 0.0699. The minimum atomic E-state index is 0.0699. The second kappa shape index (κ2) is 6.02. The lowest BCUT2D eigenvalue weighted by molar-refractivity contribution is 0.346. The van der Waals surface area contributed by atoms with Gasteiger partial charge >= 0.3 is 0 Å². The van der Waals surface area contributed by atoms with Crippen molar-refractivity contribution in [3.05, 3.63) is 69.2 Å². The summed E-state index contributed by atoms with van der Waals surface area (Å²) in [5.41, 5.74) is 3.87. The lowest BCUT2D eigenvalue weighted by Gasteiger charge is -2.39. The zero-order valence-corrected chi connectivity index (χ0v) is 13.8. The first-order valence-corrected chi connectivity index (χ1v) is 8.40. The zero-order chi connectivity index (χ0) is 14.9. The third-order valence-corrected chi connectivity index (χ3v) is 5.45. The van der Waals surface area contributed by atoms with Crippen LogP contribution in [0.15, 0.2) is 42.5 Å². The molecule has 110 valence electrons. The Morgan fingerprint density at radius 3 is 2.24 bits per heavy atom. The van der Waals surface area contributed by atoms with Crippen molar-refractivity contribution >= 4 is 23.2 Å². The van der Waals surface area contributed by atoms with Crippen LogP contribution in [0.1, 0.15) is 48.8 Å². The van der Waals surface area contributed by atoms with Gasteiger partial charge < -0.3 is 0 Å². The van der Waals surface area contributed by atoms with Crippen LogP contribution in [0.4, 0.5) is 0 Å². The predicted octanol–water partition coefficient (Wildman–Crippen LogP) is 6.55. The van der Waals surface area contributed by atoms with E-state index in [1.54, 1.807) is 0 Å². The van der Waals surface area contributed by atoms with Gasteiger partial charge in [-0.1, -0.05) is 66.7 Å². The first-order valence-electron chi connectivity index (χ1n) is 7.64. The van der Waals surface area contributed by atoms with E-state index in [2.05, 4.69) is 43.3 Å². The van der Waals surface area contributed by atoms with E-state index in [0.717, 1.165) is 15.6 Å². The Bertz CT molecular complexity index is 640. The molecule has 1 aliphatic rings. The van der Waals surface area contributed by atoms with Crippen LogP contribution >= 0.6 is 23.2 Å². The number of hydrogen-bond donors (Lipinski definition) is 0. The quantitative estimate of drug-likeness (QED) is 0.588. The maximum absolute atomic E-state index is 6.39. The van der Waals surface area contributed by atoms with Crippen LogP contribution in [0.25, 0.3) is 0 Å². The van der Waals surface area contributed by atoms with E-state index >= 15 is 0 Å². The van der Waals surface area contributed by atoms with Crippen molar-refractivity contribution in [3.63, 3.8) is 0 Å². The van der Waals surface area contributed by atoms with Crippen molar-refractivity contribution in [1.29, 1.82) is 0 Å². The van der Waals surface area contributed by atoms with Crippen molar-refractivity contribution in [3.8, 4) is 0 Å². The molecule has 0 aliphatic heterocycles. The number of benzene rings is 2. The fraction of sp³-hybridized carbons (Fsp3) is 0.368. The molecule has 1 aliphatic carbocycles. The highest BCUT2D eigenvalue weighted by molar-refractivity contribution is 6.31. The Balaban J connectivity index is 2.14. The Kier molecular flexibility index (Phi) is 4.28. The highest BCUT2D eigenvalue weighted by atomic mass is 35.5. The molecule has 0 radical (unpaired) electrons. The first kappa shape index (κ1) is 14.9. The summed E-state index contributed by atoms with van der Waals surface area (Å²) < 4.78 is 0. The van der Waals surface area contributed by atoms with Gasteiger partial charge in [-0.15, -0.1) is 0 Å². The average Bonchev–Trinajstić information content (AvgIpc) is 2.51. The SMILES string of the molecule is Cc1ccc(C2(c3cccc(Cl)c3)CCCCC2)cc1Cl. The molecule has 0 bridgehead atoms. The van der Waals surface area contributed by atoms with Crippen molar-refractivity contribution in [2.45, 2.75) is 44.4 Å². The summed E-state index contributed by atoms with van der Waals surface area (Å²) in [5, 5.41) is 1.68. The first-order chi connectivity index (χ1) is 10.1. The summed E-state index contributed by atoms with van der Waals surface area (Å²) in [5.74, 6) is 0. The fourth-order valence-corrected chi connectivity index (χ4v) is 3.95. The van der Waals surface area contributed by atoms with Gasteiger partial charge in [-0.25, -0.2) is 0 Å². The molecule has 0 aromatic heterocycles. The summed E-state index contributed by atoms with van der Waals surface area (Å²) in [6.07, 6.45) is 6.19. The lowest BCUT2D eigenvalue weighted by atomic mass is 9.65. The van der Waals surface area contributed by atoms with E-state index in [9.17, 15) is 0 Å². The Morgan fingerprint density at radius 2 is 1.57 bits per heavy atom. The van der Waals surface area contributed by atoms with Gasteiger partial charge in [0.2, 0.25) is 0 Å². The third-order valence-electron chi connectivity index (χ3n) is 4.81. The molecule has 3 rings (SSSR count). The van der Waals surface area contributed by atoms with Gasteiger partial charge in [0, 0.05) is 15.5 Å². The largest absolute Gasteiger partial charge is 0.0843 e. The molecular formula is C19H20Cl2. The summed E-state index contributed by atoms with van der Waals surface area (Å²) in [7, 11) is 0. The van der Waals surface area contributed by atoms with E-state index in [4.69, 9.17) is 23.2 Å². The molecule has 2 aromatic carbocycles. The van der Waals surface area contributed by atoms with Crippen molar-refractivity contribution < 1.29 is 0 Å². The van der Waals surface area contributed by atoms with Crippen LogP contribution in [-0.4, -0.2) is 0 Å². The molecule has 0 spiro atoms. The highest BCUT2D eigenvalue weighted by Gasteiger charge is 2.35. The van der Waals surface area contributed by atoms with Gasteiger partial charge in [-0.3, -0.25) is 0 Å². The summed E-state index contributed by atoms with van der Waals surface area (Å²) in [4.78, 5) is 0. The van der Waals surface area contributed by atoms with E-state index in [0.29, 0.717) is 0 Å². The zero-order valence-electron chi connectivity index (χ0n) is 12.3. The molecule has 0 amide bonds. The van der Waals surface area contributed by atoms with Crippen LogP contribution in [0.2, 0.25) is 10.0 Å². The molecule has 0 N–H and O–H groups in total. The second-order valence-corrected chi connectivity index (χ2v) is 6.96. The summed E-state index contributed by atoms with van der Waals surface area (Å²) in [6.45, 7) is 2.05. The van der Waals surface area contributed by atoms with Crippen molar-refractivity contribution in [1.82, 2.24) is 0 Å². The molecular weight excluding hydrogens is 299 g/mol. The topological polar surface area (TPSA) is 0 Å². The van der Waals surface area contributed by atoms with E-state index < -0.39 is 0 Å². The van der Waals surface area contributed by atoms with Gasteiger partial charge in [0.1, 0.15) is 0 Å². The summed E-state index contributed by atoms with van der Waals surface area (Å²) >= 11 is 12.6. The van der Waals surface area contributed by atoms with Gasteiger partial charge in [0.25, 0.3) is 0 Å². The van der Waals surface area contributed by atoms with Gasteiger partial charge in [-0.2, -0.15) is 0 Å². The molecule has 2 aromatic rings. The maximum Gasteiger partial charge on any atom is 0.0438 e. The Morgan fingerprint density at radius 1 is 0.857 bits per heavy atom. The number of aryl methyl sites for hydroxylation is 1. The average molecular weight is 319 g/mol. The maximum atomic E-state index is 6.39. The number of halogens is 2. The van der Waals surface area contributed by atoms with Gasteiger partial charge in [0.15, 0.2) is 0 Å². The lowest BCUT2D eigenvalue weighted by Crippen LogP contribution is -2.30. The molecule has 0 saturated heterocycles. The molecule has 0 nitrogen and oxygen atoms in total. The normalized spacial score (nSPS) is 17.7. The Hall–Kier alpha value is -0.980. The molecule has 2 heteroatoms. The molecule has 0 atom stereocenters. The van der Waals surface area contributed by atoms with E-state index in [1.807, 2.05) is 6.07 Å². The highest BCUT2D eigenvalue weighted by Crippen LogP contribution is 2.46. The van der Waals surface area contributed by atoms with Crippen LogP contribution < -0.4 is 0 Å². The van der Waals surface area contributed by atoms with Crippen LogP contribution in [0.5, 0.6) is 0 Å². The predicted molar refractivity (Wildman–Crippen MR) is 91.5 cm³/mol. The van der Waals surface area contributed by atoms with Crippen LogP contribution in [0, 0.1) is 6.92 Å². The monoisotopic (exact) mass is 318 g/mol. The van der Waals surface area contributed by atoms with E-state index in [1.165, 1.54) is 43.2 Å². The van der Waals surface area contributed by atoms with Crippen molar-refractivity contribution in [2.75, 3.05) is 0 Å². The Labute approximate surface area is 137 Å². The molecule has 0 unspecified atom stereocenters. The van der Waals surface area contributed by atoms with Gasteiger partial charge in [0.05, 0.1) is 0 Å². The number of rotatable bonds is 2. The molecule has 0 heterocycles. The van der Waals surface area contributed by atoms with Crippen LogP contribution in [0.3, 0.4) is 0 Å². The third kappa shape index (κ3) is 2.84. The smallest absolute Gasteiger partial charge is 0.0438 e. The van der Waals surface area contributed by atoms with Crippen molar-refractivity contribution in [2.24, 2.45) is 0 Å². The molecule has 1 saturated carbocycles. The summed E-state index contributed by atoms with van der Waals surface area (Å²) in [6, 6.07) is 14.9. The van der Waals surface area contributed by atoms with Gasteiger partial charge in [-0.05, 0) is 54.7 Å². The number of hydrogen-bond acceptors (Lipinski definition) is 0.